The Morgan fingerprint density at radius 2 is 1.76 bits per heavy atom. The van der Waals surface area contributed by atoms with Crippen LogP contribution in [-0.4, -0.2) is 11.2 Å². The molecule has 0 spiro atoms. The van der Waals surface area contributed by atoms with Crippen LogP contribution in [-0.2, 0) is 0 Å². The molecule has 1 aliphatic rings. The number of benzene rings is 1. The molecule has 0 heterocycles. The Bertz CT molecular complexity index is 356. The van der Waals surface area contributed by atoms with Crippen LogP contribution in [0.3, 0.4) is 0 Å². The lowest BCUT2D eigenvalue weighted by Crippen LogP contribution is -2.37. The second-order valence-electron chi connectivity index (χ2n) is 5.01. The first-order valence-corrected chi connectivity index (χ1v) is 6.11. The molecule has 3 N–H and O–H groups in total. The molecule has 0 aromatic heterocycles. The number of hydrogen-bond acceptors (Lipinski definition) is 2. The van der Waals surface area contributed by atoms with E-state index in [-0.39, 0.29) is 24.6 Å². The van der Waals surface area contributed by atoms with Gasteiger partial charge in [-0.05, 0) is 49.3 Å². The minimum Gasteiger partial charge on any atom is -0.391 e. The minimum atomic E-state index is -0.381. The van der Waals surface area contributed by atoms with Crippen molar-refractivity contribution in [2.24, 2.45) is 11.7 Å². The number of nitrogens with two attached hydrogens (primary N) is 1. The van der Waals surface area contributed by atoms with Gasteiger partial charge in [-0.1, -0.05) is 24.6 Å². The van der Waals surface area contributed by atoms with Gasteiger partial charge in [0, 0.05) is 0 Å². The number of aliphatic hydroxyl groups excluding tert-OH is 1. The maximum absolute atomic E-state index is 10.2. The van der Waals surface area contributed by atoms with Gasteiger partial charge in [-0.2, -0.15) is 0 Å². The maximum atomic E-state index is 10.2. The molecule has 3 heteroatoms. The van der Waals surface area contributed by atoms with Gasteiger partial charge in [0.25, 0.3) is 0 Å². The summed E-state index contributed by atoms with van der Waals surface area (Å²) < 4.78 is 0. The van der Waals surface area contributed by atoms with Gasteiger partial charge in [0.05, 0.1) is 12.1 Å². The van der Waals surface area contributed by atoms with Crippen LogP contribution in [0.15, 0.2) is 18.2 Å². The summed E-state index contributed by atoms with van der Waals surface area (Å²) >= 11 is 0. The Kier molecular flexibility index (Phi) is 4.99. The molecule has 1 aliphatic carbocycles. The molecule has 0 amide bonds. The minimum absolute atomic E-state index is 0. The Hall–Kier alpha value is -0.570. The Labute approximate surface area is 110 Å². The van der Waals surface area contributed by atoms with Gasteiger partial charge in [-0.15, -0.1) is 12.4 Å². The highest BCUT2D eigenvalue weighted by Crippen LogP contribution is 2.35. The highest BCUT2D eigenvalue weighted by molar-refractivity contribution is 5.85. The average molecular weight is 256 g/mol. The van der Waals surface area contributed by atoms with Crippen molar-refractivity contribution >= 4 is 12.4 Å². The van der Waals surface area contributed by atoms with Crippen molar-refractivity contribution in [1.82, 2.24) is 0 Å². The van der Waals surface area contributed by atoms with E-state index in [1.807, 2.05) is 6.07 Å². The van der Waals surface area contributed by atoms with Gasteiger partial charge in [0.2, 0.25) is 0 Å². The van der Waals surface area contributed by atoms with E-state index >= 15 is 0 Å². The average Bonchev–Trinajstić information content (AvgIpc) is 2.14. The van der Waals surface area contributed by atoms with Crippen molar-refractivity contribution in [3.8, 4) is 0 Å². The van der Waals surface area contributed by atoms with Gasteiger partial charge in [-0.3, -0.25) is 0 Å². The van der Waals surface area contributed by atoms with Crippen LogP contribution >= 0.6 is 12.4 Å². The molecule has 0 aliphatic heterocycles. The van der Waals surface area contributed by atoms with Crippen LogP contribution in [0.5, 0.6) is 0 Å². The van der Waals surface area contributed by atoms with Crippen LogP contribution in [0.25, 0.3) is 0 Å². The topological polar surface area (TPSA) is 46.2 Å². The molecule has 0 saturated heterocycles. The van der Waals surface area contributed by atoms with Crippen LogP contribution in [0.1, 0.15) is 42.0 Å². The Balaban J connectivity index is 0.00000144. The van der Waals surface area contributed by atoms with Crippen molar-refractivity contribution < 1.29 is 5.11 Å². The van der Waals surface area contributed by atoms with Gasteiger partial charge in [0.15, 0.2) is 0 Å². The lowest BCUT2D eigenvalue weighted by atomic mass is 9.76. The molecule has 0 unspecified atom stereocenters. The number of aryl methyl sites for hydroxylation is 2. The predicted octanol–water partition coefficient (Wildman–Crippen LogP) is 2.89. The van der Waals surface area contributed by atoms with Crippen molar-refractivity contribution in [2.75, 3.05) is 0 Å². The third-order valence-electron chi connectivity index (χ3n) is 3.88. The summed E-state index contributed by atoms with van der Waals surface area (Å²) in [5.41, 5.74) is 9.70. The standard InChI is InChI=1S/C14H21NO.ClH/c1-9-5-3-6-10(2)12(9)13(15)14(16)11-7-4-8-11;/h3,5-6,11,13-14,16H,4,7-8,15H2,1-2H3;1H/t13-,14+;/m0./s1. The molecule has 2 atom stereocenters. The molecular formula is C14H22ClNO. The zero-order valence-electron chi connectivity index (χ0n) is 10.5. The molecule has 17 heavy (non-hydrogen) atoms. The predicted molar refractivity (Wildman–Crippen MR) is 73.4 cm³/mol. The first-order chi connectivity index (χ1) is 7.61. The first kappa shape index (κ1) is 14.5. The van der Waals surface area contributed by atoms with Crippen molar-refractivity contribution in [3.05, 3.63) is 34.9 Å². The van der Waals surface area contributed by atoms with Gasteiger partial charge >= 0.3 is 0 Å². The first-order valence-electron chi connectivity index (χ1n) is 6.11. The molecule has 1 saturated carbocycles. The summed E-state index contributed by atoms with van der Waals surface area (Å²) in [6.07, 6.45) is 3.11. The zero-order chi connectivity index (χ0) is 11.7. The third kappa shape index (κ3) is 2.82. The number of halogens is 1. The summed E-state index contributed by atoms with van der Waals surface area (Å²) in [7, 11) is 0. The normalized spacial score (nSPS) is 19.1. The monoisotopic (exact) mass is 255 g/mol. The Morgan fingerprint density at radius 1 is 1.24 bits per heavy atom. The lowest BCUT2D eigenvalue weighted by Gasteiger charge is -2.34. The van der Waals surface area contributed by atoms with E-state index in [4.69, 9.17) is 5.73 Å². The highest BCUT2D eigenvalue weighted by atomic mass is 35.5. The van der Waals surface area contributed by atoms with Crippen LogP contribution in [0.4, 0.5) is 0 Å². The summed E-state index contributed by atoms with van der Waals surface area (Å²) in [6, 6.07) is 5.94. The van der Waals surface area contributed by atoms with Crippen LogP contribution in [0, 0.1) is 19.8 Å². The molecule has 0 radical (unpaired) electrons. The summed E-state index contributed by atoms with van der Waals surface area (Å²) in [5.74, 6) is 0.411. The second kappa shape index (κ2) is 5.85. The molecule has 96 valence electrons. The number of aliphatic hydroxyl groups is 1. The summed E-state index contributed by atoms with van der Waals surface area (Å²) in [5, 5.41) is 10.2. The Morgan fingerprint density at radius 3 is 2.18 bits per heavy atom. The van der Waals surface area contributed by atoms with E-state index in [0.29, 0.717) is 5.92 Å². The molecule has 1 aromatic carbocycles. The SMILES string of the molecule is Cc1cccc(C)c1[C@H](N)[C@H](O)C1CCC1.Cl. The molecular weight excluding hydrogens is 234 g/mol. The second-order valence-corrected chi connectivity index (χ2v) is 5.01. The number of rotatable bonds is 3. The fourth-order valence-electron chi connectivity index (χ4n) is 2.60. The molecule has 2 nitrogen and oxygen atoms in total. The van der Waals surface area contributed by atoms with Crippen molar-refractivity contribution in [1.29, 1.82) is 0 Å². The van der Waals surface area contributed by atoms with Crippen LogP contribution < -0.4 is 5.73 Å². The maximum Gasteiger partial charge on any atom is 0.0761 e. The van der Waals surface area contributed by atoms with E-state index < -0.39 is 0 Å². The van der Waals surface area contributed by atoms with Gasteiger partial charge < -0.3 is 10.8 Å². The summed E-state index contributed by atoms with van der Waals surface area (Å²) in [4.78, 5) is 0. The molecule has 0 bridgehead atoms. The van der Waals surface area contributed by atoms with Crippen molar-refractivity contribution in [2.45, 2.75) is 45.3 Å². The molecule has 1 aromatic rings. The van der Waals surface area contributed by atoms with Crippen LogP contribution in [0.2, 0.25) is 0 Å². The van der Waals surface area contributed by atoms with E-state index in [1.54, 1.807) is 0 Å². The highest BCUT2D eigenvalue weighted by Gasteiger charge is 2.31. The fourth-order valence-corrected chi connectivity index (χ4v) is 2.60. The van der Waals surface area contributed by atoms with Gasteiger partial charge in [-0.25, -0.2) is 0 Å². The van der Waals surface area contributed by atoms with Gasteiger partial charge in [0.1, 0.15) is 0 Å². The van der Waals surface area contributed by atoms with Crippen molar-refractivity contribution in [3.63, 3.8) is 0 Å². The van der Waals surface area contributed by atoms with E-state index in [1.165, 1.54) is 17.5 Å². The summed E-state index contributed by atoms with van der Waals surface area (Å²) in [6.45, 7) is 4.13. The number of hydrogen-bond donors (Lipinski definition) is 2. The quantitative estimate of drug-likeness (QED) is 0.873. The third-order valence-corrected chi connectivity index (χ3v) is 3.88. The smallest absolute Gasteiger partial charge is 0.0761 e. The largest absolute Gasteiger partial charge is 0.391 e. The fraction of sp³-hybridized carbons (Fsp3) is 0.571. The lowest BCUT2D eigenvalue weighted by molar-refractivity contribution is 0.0410. The zero-order valence-corrected chi connectivity index (χ0v) is 11.3. The van der Waals surface area contributed by atoms with E-state index in [2.05, 4.69) is 26.0 Å². The molecule has 1 fully saturated rings. The van der Waals surface area contributed by atoms with E-state index in [0.717, 1.165) is 18.4 Å². The van der Waals surface area contributed by atoms with E-state index in [9.17, 15) is 5.11 Å². The molecule has 2 rings (SSSR count).